The lowest BCUT2D eigenvalue weighted by Gasteiger charge is -2.10. The Hall–Kier alpha value is -4.84. The summed E-state index contributed by atoms with van der Waals surface area (Å²) in [4.78, 5) is 24.6. The predicted octanol–water partition coefficient (Wildman–Crippen LogP) is 6.34. The van der Waals surface area contributed by atoms with Crippen molar-refractivity contribution in [1.82, 2.24) is 0 Å². The van der Waals surface area contributed by atoms with Crippen molar-refractivity contribution >= 4 is 11.6 Å². The molecule has 0 radical (unpaired) electrons. The molecule has 0 atom stereocenters. The van der Waals surface area contributed by atoms with Crippen molar-refractivity contribution in [1.29, 1.82) is 0 Å². The van der Waals surface area contributed by atoms with Gasteiger partial charge in [-0.1, -0.05) is 80.1 Å². The molecule has 4 N–H and O–H groups in total. The summed E-state index contributed by atoms with van der Waals surface area (Å²) in [6.45, 7) is 5.51. The Morgan fingerprint density at radius 3 is 1.50 bits per heavy atom. The van der Waals surface area contributed by atoms with Crippen LogP contribution < -0.4 is 0 Å². The zero-order valence-electron chi connectivity index (χ0n) is 21.1. The lowest BCUT2D eigenvalue weighted by atomic mass is 9.97. The maximum atomic E-state index is 12.3. The van der Waals surface area contributed by atoms with Crippen LogP contribution in [0.25, 0.3) is 0 Å². The molecule has 0 saturated carbocycles. The van der Waals surface area contributed by atoms with Gasteiger partial charge in [-0.15, -0.1) is 6.58 Å². The number of hydrogen-bond donors (Lipinski definition) is 4. The Labute approximate surface area is 221 Å². The fourth-order valence-corrected chi connectivity index (χ4v) is 3.95. The van der Waals surface area contributed by atoms with E-state index in [9.17, 15) is 30.0 Å². The van der Waals surface area contributed by atoms with Gasteiger partial charge in [-0.05, 0) is 37.1 Å². The van der Waals surface area contributed by atoms with Crippen LogP contribution in [-0.2, 0) is 12.8 Å². The molecule has 4 aromatic rings. The summed E-state index contributed by atoms with van der Waals surface area (Å²) in [6.07, 6.45) is 3.18. The average molecular weight is 511 g/mol. The molecule has 0 aliphatic rings. The van der Waals surface area contributed by atoms with Crippen LogP contribution in [0.1, 0.15) is 56.3 Å². The SMILES string of the molecule is C=CCc1c(O)ccc(C(=O)c2ccccc2)c1O.CCCc1c(O)ccc(C(=O)c2ccccc2)c1O. The van der Waals surface area contributed by atoms with E-state index in [4.69, 9.17) is 0 Å². The molecule has 6 nitrogen and oxygen atoms in total. The van der Waals surface area contributed by atoms with Crippen molar-refractivity contribution < 1.29 is 30.0 Å². The van der Waals surface area contributed by atoms with Crippen molar-refractivity contribution in [3.05, 3.63) is 131 Å². The van der Waals surface area contributed by atoms with Crippen LogP contribution in [0.5, 0.6) is 23.0 Å². The summed E-state index contributed by atoms with van der Waals surface area (Å²) < 4.78 is 0. The Bertz CT molecular complexity index is 1430. The molecule has 0 spiro atoms. The summed E-state index contributed by atoms with van der Waals surface area (Å²) in [5.74, 6) is -0.825. The smallest absolute Gasteiger partial charge is 0.196 e. The Morgan fingerprint density at radius 2 is 1.08 bits per heavy atom. The number of carbonyl (C=O) groups excluding carboxylic acids is 2. The van der Waals surface area contributed by atoms with Gasteiger partial charge in [-0.2, -0.15) is 0 Å². The van der Waals surface area contributed by atoms with Crippen LogP contribution in [-0.4, -0.2) is 32.0 Å². The van der Waals surface area contributed by atoms with Crippen LogP contribution >= 0.6 is 0 Å². The fourth-order valence-electron chi connectivity index (χ4n) is 3.95. The monoisotopic (exact) mass is 510 g/mol. The van der Waals surface area contributed by atoms with Crippen molar-refractivity contribution in [2.24, 2.45) is 0 Å². The lowest BCUT2D eigenvalue weighted by molar-refractivity contribution is 0.102. The molecule has 0 heterocycles. The molecule has 0 aliphatic carbocycles. The number of aromatic hydroxyl groups is 4. The quantitative estimate of drug-likeness (QED) is 0.162. The van der Waals surface area contributed by atoms with E-state index < -0.39 is 0 Å². The van der Waals surface area contributed by atoms with Gasteiger partial charge in [-0.3, -0.25) is 9.59 Å². The van der Waals surface area contributed by atoms with Crippen LogP contribution in [0.4, 0.5) is 0 Å². The van der Waals surface area contributed by atoms with E-state index in [2.05, 4.69) is 6.58 Å². The first kappa shape index (κ1) is 27.7. The fraction of sp³-hybridized carbons (Fsp3) is 0.125. The normalized spacial score (nSPS) is 10.2. The lowest BCUT2D eigenvalue weighted by Crippen LogP contribution is -2.03. The van der Waals surface area contributed by atoms with E-state index in [1.807, 2.05) is 19.1 Å². The first-order chi connectivity index (χ1) is 18.3. The number of allylic oxidation sites excluding steroid dienone is 1. The summed E-state index contributed by atoms with van der Waals surface area (Å²) in [5.41, 5.74) is 2.17. The highest BCUT2D eigenvalue weighted by atomic mass is 16.3. The second-order valence-corrected chi connectivity index (χ2v) is 8.55. The van der Waals surface area contributed by atoms with Gasteiger partial charge in [0.15, 0.2) is 11.6 Å². The van der Waals surface area contributed by atoms with Crippen LogP contribution in [0, 0.1) is 0 Å². The zero-order valence-corrected chi connectivity index (χ0v) is 21.1. The maximum absolute atomic E-state index is 12.3. The maximum Gasteiger partial charge on any atom is 0.196 e. The molecular weight excluding hydrogens is 480 g/mol. The Balaban J connectivity index is 0.000000211. The second-order valence-electron chi connectivity index (χ2n) is 8.55. The van der Waals surface area contributed by atoms with E-state index in [1.165, 1.54) is 24.3 Å². The number of ketones is 2. The molecule has 0 saturated heterocycles. The third-order valence-electron chi connectivity index (χ3n) is 5.93. The number of benzene rings is 4. The molecule has 0 amide bonds. The highest BCUT2D eigenvalue weighted by Gasteiger charge is 2.19. The number of rotatable bonds is 8. The highest BCUT2D eigenvalue weighted by Crippen LogP contribution is 2.33. The van der Waals surface area contributed by atoms with Gasteiger partial charge in [0.05, 0.1) is 11.1 Å². The molecule has 4 rings (SSSR count). The molecule has 6 heteroatoms. The first-order valence-corrected chi connectivity index (χ1v) is 12.2. The number of phenolic OH excluding ortho intramolecular Hbond substituents is 4. The third-order valence-corrected chi connectivity index (χ3v) is 5.93. The number of hydrogen-bond acceptors (Lipinski definition) is 6. The predicted molar refractivity (Wildman–Crippen MR) is 147 cm³/mol. The highest BCUT2D eigenvalue weighted by molar-refractivity contribution is 6.11. The minimum absolute atomic E-state index is 0.0314. The van der Waals surface area contributed by atoms with E-state index in [0.29, 0.717) is 35.1 Å². The average Bonchev–Trinajstić information content (AvgIpc) is 2.94. The van der Waals surface area contributed by atoms with Crippen LogP contribution in [0.2, 0.25) is 0 Å². The summed E-state index contributed by atoms with van der Waals surface area (Å²) >= 11 is 0. The molecule has 0 aromatic heterocycles. The van der Waals surface area contributed by atoms with Crippen LogP contribution in [0.3, 0.4) is 0 Å². The van der Waals surface area contributed by atoms with Gasteiger partial charge in [0.2, 0.25) is 0 Å². The topological polar surface area (TPSA) is 115 Å². The van der Waals surface area contributed by atoms with Crippen molar-refractivity contribution in [2.75, 3.05) is 0 Å². The van der Waals surface area contributed by atoms with E-state index in [-0.39, 0.29) is 45.7 Å². The molecule has 38 heavy (non-hydrogen) atoms. The summed E-state index contributed by atoms with van der Waals surface area (Å²) in [6, 6.07) is 23.2. The first-order valence-electron chi connectivity index (χ1n) is 12.2. The van der Waals surface area contributed by atoms with Gasteiger partial charge in [0.1, 0.15) is 23.0 Å². The van der Waals surface area contributed by atoms with Crippen molar-refractivity contribution in [2.45, 2.75) is 26.2 Å². The van der Waals surface area contributed by atoms with Gasteiger partial charge in [-0.25, -0.2) is 0 Å². The number of carbonyl (C=O) groups is 2. The molecule has 194 valence electrons. The van der Waals surface area contributed by atoms with E-state index in [0.717, 1.165) is 6.42 Å². The van der Waals surface area contributed by atoms with Crippen molar-refractivity contribution in [3.8, 4) is 23.0 Å². The molecule has 4 aromatic carbocycles. The summed E-state index contributed by atoms with van der Waals surface area (Å²) in [5, 5.41) is 39.7. The summed E-state index contributed by atoms with van der Waals surface area (Å²) in [7, 11) is 0. The van der Waals surface area contributed by atoms with Gasteiger partial charge in [0.25, 0.3) is 0 Å². The Kier molecular flexibility index (Phi) is 9.43. The molecule has 0 bridgehead atoms. The minimum atomic E-state index is -0.275. The second kappa shape index (κ2) is 12.9. The van der Waals surface area contributed by atoms with E-state index in [1.54, 1.807) is 54.6 Å². The van der Waals surface area contributed by atoms with E-state index >= 15 is 0 Å². The molecule has 0 aliphatic heterocycles. The van der Waals surface area contributed by atoms with Gasteiger partial charge < -0.3 is 20.4 Å². The zero-order chi connectivity index (χ0) is 27.7. The molecule has 0 fully saturated rings. The molecular formula is C32H30O6. The minimum Gasteiger partial charge on any atom is -0.508 e. The number of phenols is 4. The standard InChI is InChI=1S/C16H16O3.C16H14O3/c2*1-2-6-12-14(17)10-9-13(16(12)19)15(18)11-7-4-3-5-8-11/h3-5,7-10,17,19H,2,6H2,1H3;2-5,7-10,17,19H,1,6H2. The molecule has 0 unspecified atom stereocenters. The van der Waals surface area contributed by atoms with Crippen molar-refractivity contribution in [3.63, 3.8) is 0 Å². The van der Waals surface area contributed by atoms with Gasteiger partial charge >= 0.3 is 0 Å². The Morgan fingerprint density at radius 1 is 0.658 bits per heavy atom. The van der Waals surface area contributed by atoms with Gasteiger partial charge in [0, 0.05) is 22.3 Å². The largest absolute Gasteiger partial charge is 0.508 e. The third kappa shape index (κ3) is 6.28. The van der Waals surface area contributed by atoms with Crippen LogP contribution in [0.15, 0.2) is 97.6 Å².